The third kappa shape index (κ3) is 5.03. The second kappa shape index (κ2) is 5.31. The number of hydrogen-bond donors (Lipinski definition) is 2. The van der Waals surface area contributed by atoms with Crippen molar-refractivity contribution in [3.63, 3.8) is 0 Å². The minimum Gasteiger partial charge on any atom is -0.396 e. The highest BCUT2D eigenvalue weighted by atomic mass is 16.2. The van der Waals surface area contributed by atoms with Crippen LogP contribution in [0.4, 0.5) is 0 Å². The molecular formula is C6H11NO2. The van der Waals surface area contributed by atoms with E-state index in [1.54, 1.807) is 13.1 Å². The van der Waals surface area contributed by atoms with E-state index in [0.717, 1.165) is 0 Å². The monoisotopic (exact) mass is 129 g/mol. The Labute approximate surface area is 54.4 Å². The number of aliphatic hydroxyl groups excluding tert-OH is 1. The van der Waals surface area contributed by atoms with Crippen molar-refractivity contribution >= 4 is 5.91 Å². The van der Waals surface area contributed by atoms with Crippen LogP contribution in [0.5, 0.6) is 0 Å². The van der Waals surface area contributed by atoms with Gasteiger partial charge in [0.2, 0.25) is 5.91 Å². The maximum atomic E-state index is 10.4. The average Bonchev–Trinajstić information content (AvgIpc) is 1.89. The molecule has 0 aromatic heterocycles. The van der Waals surface area contributed by atoms with Gasteiger partial charge in [-0.2, -0.15) is 0 Å². The highest BCUT2D eigenvalue weighted by molar-refractivity contribution is 5.87. The third-order valence-electron chi connectivity index (χ3n) is 0.811. The number of rotatable bonds is 3. The van der Waals surface area contributed by atoms with E-state index < -0.39 is 0 Å². The van der Waals surface area contributed by atoms with Gasteiger partial charge in [0, 0.05) is 13.7 Å². The lowest BCUT2D eigenvalue weighted by Gasteiger charge is -1.87. The second-order valence-electron chi connectivity index (χ2n) is 1.53. The van der Waals surface area contributed by atoms with Crippen molar-refractivity contribution in [1.29, 1.82) is 0 Å². The molecule has 0 aromatic rings. The van der Waals surface area contributed by atoms with Gasteiger partial charge in [0.15, 0.2) is 0 Å². The maximum Gasteiger partial charge on any atom is 0.243 e. The normalized spacial score (nSPS) is 10.0. The SMILES string of the molecule is CNC(=O)/C=C/CCO. The lowest BCUT2D eigenvalue weighted by Crippen LogP contribution is -2.13. The molecule has 0 atom stereocenters. The molecule has 3 heteroatoms. The smallest absolute Gasteiger partial charge is 0.243 e. The van der Waals surface area contributed by atoms with E-state index in [-0.39, 0.29) is 12.5 Å². The zero-order valence-electron chi connectivity index (χ0n) is 5.42. The molecule has 0 saturated heterocycles. The number of carbonyl (C=O) groups is 1. The Morgan fingerprint density at radius 1 is 1.78 bits per heavy atom. The number of aliphatic hydroxyl groups is 1. The molecule has 9 heavy (non-hydrogen) atoms. The summed E-state index contributed by atoms with van der Waals surface area (Å²) in [6.07, 6.45) is 3.56. The van der Waals surface area contributed by atoms with Crippen LogP contribution in [0, 0.1) is 0 Å². The standard InChI is InChI=1S/C6H11NO2/c1-7-6(9)4-2-3-5-8/h2,4,8H,3,5H2,1H3,(H,7,9)/b4-2+. The Morgan fingerprint density at radius 2 is 2.44 bits per heavy atom. The summed E-state index contributed by atoms with van der Waals surface area (Å²) >= 11 is 0. The van der Waals surface area contributed by atoms with Crippen LogP contribution in [0.2, 0.25) is 0 Å². The number of nitrogens with one attached hydrogen (secondary N) is 1. The van der Waals surface area contributed by atoms with Crippen LogP contribution in [0.15, 0.2) is 12.2 Å². The van der Waals surface area contributed by atoms with Gasteiger partial charge in [-0.25, -0.2) is 0 Å². The summed E-state index contributed by atoms with van der Waals surface area (Å²) in [4.78, 5) is 10.4. The van der Waals surface area contributed by atoms with Gasteiger partial charge < -0.3 is 10.4 Å². The van der Waals surface area contributed by atoms with Gasteiger partial charge in [-0.15, -0.1) is 0 Å². The first-order valence-corrected chi connectivity index (χ1v) is 2.80. The molecule has 0 heterocycles. The molecule has 0 aromatic carbocycles. The predicted octanol–water partition coefficient (Wildman–Crippen LogP) is -0.329. The molecule has 0 aliphatic rings. The first-order valence-electron chi connectivity index (χ1n) is 2.80. The Morgan fingerprint density at radius 3 is 2.89 bits per heavy atom. The summed E-state index contributed by atoms with van der Waals surface area (Å²) in [6.45, 7) is 0.0908. The van der Waals surface area contributed by atoms with Gasteiger partial charge in [0.05, 0.1) is 0 Å². The molecule has 0 bridgehead atoms. The molecule has 1 amide bonds. The Bertz CT molecular complexity index is 110. The number of amides is 1. The van der Waals surface area contributed by atoms with E-state index in [1.165, 1.54) is 6.08 Å². The van der Waals surface area contributed by atoms with Gasteiger partial charge in [-0.3, -0.25) is 4.79 Å². The van der Waals surface area contributed by atoms with Crippen molar-refractivity contribution in [3.8, 4) is 0 Å². The number of carbonyl (C=O) groups excluding carboxylic acids is 1. The Hall–Kier alpha value is -0.830. The summed E-state index contributed by atoms with van der Waals surface area (Å²) in [5, 5.41) is 10.7. The van der Waals surface area contributed by atoms with E-state index in [2.05, 4.69) is 5.32 Å². The van der Waals surface area contributed by atoms with Gasteiger partial charge in [0.1, 0.15) is 0 Å². The summed E-state index contributed by atoms with van der Waals surface area (Å²) in [5.41, 5.74) is 0. The van der Waals surface area contributed by atoms with E-state index in [4.69, 9.17) is 5.11 Å². The maximum absolute atomic E-state index is 10.4. The van der Waals surface area contributed by atoms with Gasteiger partial charge in [0.25, 0.3) is 0 Å². The van der Waals surface area contributed by atoms with Crippen molar-refractivity contribution in [2.75, 3.05) is 13.7 Å². The molecule has 0 fully saturated rings. The summed E-state index contributed by atoms with van der Waals surface area (Å²) in [7, 11) is 1.56. The summed E-state index contributed by atoms with van der Waals surface area (Å²) < 4.78 is 0. The van der Waals surface area contributed by atoms with Crippen molar-refractivity contribution in [1.82, 2.24) is 5.32 Å². The van der Waals surface area contributed by atoms with Crippen LogP contribution in [-0.2, 0) is 4.79 Å². The molecule has 0 rings (SSSR count). The average molecular weight is 129 g/mol. The molecule has 0 radical (unpaired) electrons. The highest BCUT2D eigenvalue weighted by Crippen LogP contribution is 1.78. The van der Waals surface area contributed by atoms with Crippen molar-refractivity contribution in [2.24, 2.45) is 0 Å². The molecule has 0 spiro atoms. The van der Waals surface area contributed by atoms with Crippen molar-refractivity contribution in [3.05, 3.63) is 12.2 Å². The van der Waals surface area contributed by atoms with Crippen LogP contribution < -0.4 is 5.32 Å². The Balaban J connectivity index is 3.32. The molecule has 52 valence electrons. The van der Waals surface area contributed by atoms with Crippen LogP contribution in [-0.4, -0.2) is 24.7 Å². The van der Waals surface area contributed by atoms with Crippen LogP contribution >= 0.6 is 0 Å². The van der Waals surface area contributed by atoms with E-state index in [0.29, 0.717) is 6.42 Å². The number of likely N-dealkylation sites (N-methyl/N-ethyl adjacent to an activating group) is 1. The second-order valence-corrected chi connectivity index (χ2v) is 1.53. The zero-order valence-corrected chi connectivity index (χ0v) is 5.42. The molecule has 3 nitrogen and oxygen atoms in total. The quantitative estimate of drug-likeness (QED) is 0.513. The lowest BCUT2D eigenvalue weighted by atomic mass is 10.4. The first-order chi connectivity index (χ1) is 4.31. The Kier molecular flexibility index (Phi) is 4.82. The molecule has 0 saturated carbocycles. The van der Waals surface area contributed by atoms with E-state index >= 15 is 0 Å². The van der Waals surface area contributed by atoms with Crippen molar-refractivity contribution < 1.29 is 9.90 Å². The van der Waals surface area contributed by atoms with Gasteiger partial charge in [-0.1, -0.05) is 6.08 Å². The third-order valence-corrected chi connectivity index (χ3v) is 0.811. The van der Waals surface area contributed by atoms with Crippen LogP contribution in [0.1, 0.15) is 6.42 Å². The largest absolute Gasteiger partial charge is 0.396 e. The molecule has 0 unspecified atom stereocenters. The fourth-order valence-electron chi connectivity index (χ4n) is 0.348. The topological polar surface area (TPSA) is 49.3 Å². The fraction of sp³-hybridized carbons (Fsp3) is 0.500. The minimum absolute atomic E-state index is 0.0908. The first kappa shape index (κ1) is 8.17. The summed E-state index contributed by atoms with van der Waals surface area (Å²) in [6, 6.07) is 0. The fourth-order valence-corrected chi connectivity index (χ4v) is 0.348. The van der Waals surface area contributed by atoms with Gasteiger partial charge >= 0.3 is 0 Å². The molecule has 0 aliphatic carbocycles. The molecule has 0 aliphatic heterocycles. The van der Waals surface area contributed by atoms with Crippen LogP contribution in [0.3, 0.4) is 0 Å². The highest BCUT2D eigenvalue weighted by Gasteiger charge is 1.84. The molecule has 2 N–H and O–H groups in total. The van der Waals surface area contributed by atoms with Crippen LogP contribution in [0.25, 0.3) is 0 Å². The van der Waals surface area contributed by atoms with E-state index in [9.17, 15) is 4.79 Å². The molecular weight excluding hydrogens is 118 g/mol. The lowest BCUT2D eigenvalue weighted by molar-refractivity contribution is -0.116. The van der Waals surface area contributed by atoms with Crippen molar-refractivity contribution in [2.45, 2.75) is 6.42 Å². The summed E-state index contributed by atoms with van der Waals surface area (Å²) in [5.74, 6) is -0.136. The predicted molar refractivity (Wildman–Crippen MR) is 34.9 cm³/mol. The van der Waals surface area contributed by atoms with Gasteiger partial charge in [-0.05, 0) is 12.5 Å². The number of hydrogen-bond acceptors (Lipinski definition) is 2. The minimum atomic E-state index is -0.136. The van der Waals surface area contributed by atoms with E-state index in [1.807, 2.05) is 0 Å². The zero-order chi connectivity index (χ0) is 7.11.